The lowest BCUT2D eigenvalue weighted by Crippen LogP contribution is -2.43. The first-order chi connectivity index (χ1) is 7.17. The smallest absolute Gasteiger partial charge is 0.412 e. The summed E-state index contributed by atoms with van der Waals surface area (Å²) < 4.78 is 3.76. The fourth-order valence-electron chi connectivity index (χ4n) is 0.851. The first kappa shape index (κ1) is 21.1. The van der Waals surface area contributed by atoms with Crippen molar-refractivity contribution in [3.05, 3.63) is 0 Å². The highest BCUT2D eigenvalue weighted by atomic mass is 16.6. The molecule has 0 bridgehead atoms. The van der Waals surface area contributed by atoms with Crippen LogP contribution in [0.15, 0.2) is 0 Å². The third-order valence-electron chi connectivity index (χ3n) is 1.49. The van der Waals surface area contributed by atoms with E-state index in [4.69, 9.17) is 10.2 Å². The molecule has 0 saturated heterocycles. The molecule has 106 valence electrons. The van der Waals surface area contributed by atoms with Crippen molar-refractivity contribution in [3.63, 3.8) is 0 Å². The highest BCUT2D eigenvalue weighted by Gasteiger charge is 2.41. The molecule has 11 N–H and O–H groups in total. The van der Waals surface area contributed by atoms with Crippen molar-refractivity contribution in [1.29, 1.82) is 0 Å². The van der Waals surface area contributed by atoms with Gasteiger partial charge in [0.15, 0.2) is 5.60 Å². The monoisotopic (exact) mass is 269 g/mol. The van der Waals surface area contributed by atoms with Crippen molar-refractivity contribution in [3.8, 4) is 0 Å². The summed E-state index contributed by atoms with van der Waals surface area (Å²) in [6.07, 6.45) is -3.89. The van der Waals surface area contributed by atoms with Gasteiger partial charge in [0, 0.05) is 0 Å². The van der Waals surface area contributed by atoms with E-state index in [1.807, 2.05) is 0 Å². The largest absolute Gasteiger partial charge is 0.481 e. The molecule has 1 unspecified atom stereocenters. The van der Waals surface area contributed by atoms with Crippen LogP contribution in [0.3, 0.4) is 0 Å². The van der Waals surface area contributed by atoms with Crippen molar-refractivity contribution < 1.29 is 39.2 Å². The fourth-order valence-corrected chi connectivity index (χ4v) is 0.851. The predicted molar refractivity (Wildman–Crippen MR) is 55.2 cm³/mol. The maximum atomic E-state index is 10.8. The molecule has 0 aliphatic rings. The Labute approximate surface area is 101 Å². The van der Waals surface area contributed by atoms with E-state index in [0.29, 0.717) is 0 Å². The lowest BCUT2D eigenvalue weighted by atomic mass is 9.96. The number of esters is 1. The lowest BCUT2D eigenvalue weighted by molar-refractivity contribution is -0.170. The van der Waals surface area contributed by atoms with Crippen molar-refractivity contribution in [2.75, 3.05) is 0 Å². The Kier molecular flexibility index (Phi) is 9.30. The molecule has 0 spiro atoms. The van der Waals surface area contributed by atoms with Gasteiger partial charge in [0.05, 0.1) is 12.8 Å². The van der Waals surface area contributed by atoms with Gasteiger partial charge in [0.25, 0.3) is 0 Å². The van der Waals surface area contributed by atoms with Crippen LogP contribution in [0, 0.1) is 0 Å². The first-order valence-electron chi connectivity index (χ1n) is 3.85. The third kappa shape index (κ3) is 7.10. The number of ether oxygens (including phenoxy) is 1. The number of amides is 1. The van der Waals surface area contributed by atoms with Crippen molar-refractivity contribution in [2.24, 2.45) is 5.73 Å². The van der Waals surface area contributed by atoms with Gasteiger partial charge < -0.3 is 38.1 Å². The van der Waals surface area contributed by atoms with Crippen LogP contribution in [0.4, 0.5) is 4.79 Å². The number of nitrogens with two attached hydrogens (primary N) is 1. The van der Waals surface area contributed by atoms with Gasteiger partial charge in [0.1, 0.15) is 0 Å². The molecule has 0 aromatic rings. The molecule has 1 atom stereocenters. The van der Waals surface area contributed by atoms with E-state index in [1.54, 1.807) is 0 Å². The molecule has 11 nitrogen and oxygen atoms in total. The van der Waals surface area contributed by atoms with Crippen LogP contribution in [0.1, 0.15) is 12.8 Å². The van der Waals surface area contributed by atoms with Gasteiger partial charge in [-0.3, -0.25) is 9.59 Å². The number of carbonyl (C=O) groups excluding carboxylic acids is 2. The summed E-state index contributed by atoms with van der Waals surface area (Å²) in [5.41, 5.74) is 1.63. The summed E-state index contributed by atoms with van der Waals surface area (Å²) in [5, 5.41) is 26.2. The summed E-state index contributed by atoms with van der Waals surface area (Å²) in [6, 6.07) is 0. The second kappa shape index (κ2) is 7.94. The number of carboxylic acids is 2. The number of carboxylic acid groups (broad SMARTS) is 2. The number of carbonyl (C=O) groups is 4. The second-order valence-corrected chi connectivity index (χ2v) is 2.88. The molecule has 0 fully saturated rings. The van der Waals surface area contributed by atoms with Gasteiger partial charge in [-0.2, -0.15) is 0 Å². The summed E-state index contributed by atoms with van der Waals surface area (Å²) in [5.74, 6) is -4.98. The third-order valence-corrected chi connectivity index (χ3v) is 1.49. The maximum Gasteiger partial charge on any atom is 0.412 e. The van der Waals surface area contributed by atoms with Gasteiger partial charge in [0.2, 0.25) is 0 Å². The Hall–Kier alpha value is -2.24. The Bertz CT molecular complexity index is 344. The minimum atomic E-state index is -2.83. The second-order valence-electron chi connectivity index (χ2n) is 2.88. The quantitative estimate of drug-likeness (QED) is 0.252. The molecule has 0 saturated carbocycles. The highest BCUT2D eigenvalue weighted by Crippen LogP contribution is 2.16. The van der Waals surface area contributed by atoms with Crippen LogP contribution < -0.4 is 18.0 Å². The normalized spacial score (nSPS) is 12.1. The summed E-state index contributed by atoms with van der Waals surface area (Å²) in [6.45, 7) is 0. The number of aliphatic hydroxyl groups is 1. The predicted octanol–water partition coefficient (Wildman–Crippen LogP) is -1.39. The van der Waals surface area contributed by atoms with E-state index in [1.165, 1.54) is 0 Å². The molecule has 0 heterocycles. The summed E-state index contributed by atoms with van der Waals surface area (Å²) >= 11 is 0. The molecular formula is C7H15N3O8. The Morgan fingerprint density at radius 3 is 1.78 bits per heavy atom. The molecule has 0 aromatic heterocycles. The molecule has 0 radical (unpaired) electrons. The van der Waals surface area contributed by atoms with Crippen LogP contribution in [-0.4, -0.2) is 44.9 Å². The molecule has 18 heavy (non-hydrogen) atoms. The number of rotatable bonds is 5. The van der Waals surface area contributed by atoms with Gasteiger partial charge in [-0.25, -0.2) is 9.59 Å². The SMILES string of the molecule is N.N.NC(=O)OC(=O)CC(O)(CC(=O)O)C(=O)O. The van der Waals surface area contributed by atoms with E-state index in [2.05, 4.69) is 10.5 Å². The Morgan fingerprint density at radius 2 is 1.50 bits per heavy atom. The number of hydrogen-bond acceptors (Lipinski definition) is 8. The van der Waals surface area contributed by atoms with Crippen LogP contribution >= 0.6 is 0 Å². The van der Waals surface area contributed by atoms with Gasteiger partial charge >= 0.3 is 24.0 Å². The number of primary amides is 1. The molecule has 0 aromatic carbocycles. The number of aliphatic carboxylic acids is 2. The fraction of sp³-hybridized carbons (Fsp3) is 0.429. The van der Waals surface area contributed by atoms with Crippen LogP contribution in [-0.2, 0) is 19.1 Å². The average Bonchev–Trinajstić information content (AvgIpc) is 1.98. The van der Waals surface area contributed by atoms with Crippen LogP contribution in [0.5, 0.6) is 0 Å². The maximum absolute atomic E-state index is 10.8. The standard InChI is InChI=1S/C7H9NO8.2H3N/c8-6(14)16-4(11)2-7(15,5(12)13)1-3(9)10;;/h15H,1-2H2,(H2,8,14)(H,9,10)(H,12,13);2*1H3. The van der Waals surface area contributed by atoms with Crippen molar-refractivity contribution >= 4 is 24.0 Å². The Morgan fingerprint density at radius 1 is 1.06 bits per heavy atom. The number of hydrogen-bond donors (Lipinski definition) is 6. The summed E-state index contributed by atoms with van der Waals surface area (Å²) in [7, 11) is 0. The van der Waals surface area contributed by atoms with E-state index >= 15 is 0 Å². The van der Waals surface area contributed by atoms with Crippen LogP contribution in [0.25, 0.3) is 0 Å². The van der Waals surface area contributed by atoms with Crippen LogP contribution in [0.2, 0.25) is 0 Å². The average molecular weight is 269 g/mol. The highest BCUT2D eigenvalue weighted by molar-refractivity contribution is 5.91. The molecule has 1 amide bonds. The molecule has 11 heteroatoms. The van der Waals surface area contributed by atoms with Gasteiger partial charge in [-0.15, -0.1) is 0 Å². The zero-order valence-electron chi connectivity index (χ0n) is 9.29. The van der Waals surface area contributed by atoms with E-state index in [0.717, 1.165) is 0 Å². The van der Waals surface area contributed by atoms with E-state index in [-0.39, 0.29) is 12.3 Å². The van der Waals surface area contributed by atoms with Crippen molar-refractivity contribution in [2.45, 2.75) is 18.4 Å². The lowest BCUT2D eigenvalue weighted by Gasteiger charge is -2.19. The minimum absolute atomic E-state index is 0. The molecule has 0 rings (SSSR count). The van der Waals surface area contributed by atoms with Crippen molar-refractivity contribution in [1.82, 2.24) is 12.3 Å². The topological polar surface area (TPSA) is 234 Å². The van der Waals surface area contributed by atoms with Gasteiger partial charge in [-0.1, -0.05) is 0 Å². The van der Waals surface area contributed by atoms with E-state index < -0.39 is 42.4 Å². The van der Waals surface area contributed by atoms with E-state index in [9.17, 15) is 24.3 Å². The van der Waals surface area contributed by atoms with Gasteiger partial charge in [-0.05, 0) is 0 Å². The zero-order chi connectivity index (χ0) is 12.9. The molecular weight excluding hydrogens is 254 g/mol. The minimum Gasteiger partial charge on any atom is -0.481 e. The zero-order valence-corrected chi connectivity index (χ0v) is 9.29. The Balaban J connectivity index is -0.00000112. The first-order valence-corrected chi connectivity index (χ1v) is 3.85. The molecule has 0 aliphatic heterocycles. The summed E-state index contributed by atoms with van der Waals surface area (Å²) in [4.78, 5) is 41.7. The molecule has 0 aliphatic carbocycles.